The molecule has 0 amide bonds. The second-order valence-electron chi connectivity index (χ2n) is 3.62. The van der Waals surface area contributed by atoms with Crippen LogP contribution in [-0.2, 0) is 10.0 Å². The van der Waals surface area contributed by atoms with Gasteiger partial charge in [0.25, 0.3) is 0 Å². The van der Waals surface area contributed by atoms with Crippen molar-refractivity contribution in [2.45, 2.75) is 6.42 Å². The topological polar surface area (TPSA) is 58.2 Å². The molecular weight excluding hydrogens is 319 g/mol. The zero-order chi connectivity index (χ0) is 13.8. The Hall–Kier alpha value is -0.200. The third-order valence-corrected chi connectivity index (χ3v) is 4.51. The number of halogens is 3. The third-order valence-electron chi connectivity index (χ3n) is 2.12. The van der Waals surface area contributed by atoms with Crippen LogP contribution in [0.5, 0.6) is 0 Å². The fraction of sp³-hybridized carbons (Fsp3) is 0.400. The summed E-state index contributed by atoms with van der Waals surface area (Å²) in [5.41, 5.74) is 0.232. The molecule has 0 aliphatic heterocycles. The van der Waals surface area contributed by atoms with E-state index in [1.54, 1.807) is 7.05 Å². The first-order valence-electron chi connectivity index (χ1n) is 5.15. The molecule has 0 fully saturated rings. The number of hydrogen-bond acceptors (Lipinski definition) is 3. The summed E-state index contributed by atoms with van der Waals surface area (Å²) in [6, 6.07) is 2.79. The molecule has 1 aromatic rings. The van der Waals surface area contributed by atoms with Gasteiger partial charge in [0.05, 0.1) is 26.5 Å². The molecule has 1 aromatic carbocycles. The number of anilines is 1. The molecule has 4 nitrogen and oxygen atoms in total. The second-order valence-corrected chi connectivity index (χ2v) is 6.69. The van der Waals surface area contributed by atoms with Crippen LogP contribution >= 0.6 is 34.8 Å². The van der Waals surface area contributed by atoms with Crippen molar-refractivity contribution < 1.29 is 8.42 Å². The number of benzene rings is 1. The van der Waals surface area contributed by atoms with Crippen molar-refractivity contribution in [3.8, 4) is 0 Å². The predicted octanol–water partition coefficient (Wildman–Crippen LogP) is 3.00. The summed E-state index contributed by atoms with van der Waals surface area (Å²) in [6.45, 7) is 0.621. The Labute approximate surface area is 122 Å². The first kappa shape index (κ1) is 15.9. The Balaban J connectivity index is 2.81. The summed E-state index contributed by atoms with van der Waals surface area (Å²) in [7, 11) is -1.68. The van der Waals surface area contributed by atoms with Gasteiger partial charge in [0, 0.05) is 0 Å². The Morgan fingerprint density at radius 3 is 2.33 bits per heavy atom. The minimum Gasteiger partial charge on any atom is -0.320 e. The van der Waals surface area contributed by atoms with Gasteiger partial charge in [-0.25, -0.2) is 8.42 Å². The molecule has 0 aliphatic rings. The van der Waals surface area contributed by atoms with E-state index in [2.05, 4.69) is 10.0 Å². The summed E-state index contributed by atoms with van der Waals surface area (Å²) in [5.74, 6) is 0.00438. The van der Waals surface area contributed by atoms with Crippen molar-refractivity contribution in [3.05, 3.63) is 27.2 Å². The van der Waals surface area contributed by atoms with Gasteiger partial charge in [-0.3, -0.25) is 4.72 Å². The molecule has 0 aliphatic carbocycles. The fourth-order valence-electron chi connectivity index (χ4n) is 1.26. The molecule has 0 spiro atoms. The first-order chi connectivity index (χ1) is 8.35. The summed E-state index contributed by atoms with van der Waals surface area (Å²) in [5, 5.41) is 3.61. The van der Waals surface area contributed by atoms with Crippen molar-refractivity contribution >= 4 is 50.5 Å². The zero-order valence-electron chi connectivity index (χ0n) is 9.63. The summed E-state index contributed by atoms with van der Waals surface area (Å²) >= 11 is 17.5. The van der Waals surface area contributed by atoms with Crippen LogP contribution in [-0.4, -0.2) is 27.8 Å². The predicted molar refractivity (Wildman–Crippen MR) is 77.4 cm³/mol. The van der Waals surface area contributed by atoms with Crippen LogP contribution in [0.15, 0.2) is 12.1 Å². The molecule has 8 heteroatoms. The highest BCUT2D eigenvalue weighted by molar-refractivity contribution is 7.92. The number of nitrogens with one attached hydrogen (secondary N) is 2. The van der Waals surface area contributed by atoms with Gasteiger partial charge in [-0.15, -0.1) is 0 Å². The van der Waals surface area contributed by atoms with E-state index in [4.69, 9.17) is 34.8 Å². The normalized spacial score (nSPS) is 11.6. The standard InChI is InChI=1S/C10H13Cl3N2O2S/c1-14-3-2-4-18(16,17)15-10-6-8(12)7(11)5-9(10)13/h5-6,14-15H,2-4H2,1H3. The van der Waals surface area contributed by atoms with E-state index in [-0.39, 0.29) is 26.5 Å². The molecule has 1 rings (SSSR count). The molecule has 0 bridgehead atoms. The highest BCUT2D eigenvalue weighted by atomic mass is 35.5. The quantitative estimate of drug-likeness (QED) is 0.622. The molecule has 0 unspecified atom stereocenters. The molecule has 0 radical (unpaired) electrons. The van der Waals surface area contributed by atoms with E-state index in [9.17, 15) is 8.42 Å². The molecule has 0 heterocycles. The fourth-order valence-corrected chi connectivity index (χ4v) is 3.04. The summed E-state index contributed by atoms with van der Waals surface area (Å²) in [4.78, 5) is 0. The molecule has 18 heavy (non-hydrogen) atoms. The third kappa shape index (κ3) is 4.82. The maximum absolute atomic E-state index is 11.7. The molecule has 0 aromatic heterocycles. The summed E-state index contributed by atoms with van der Waals surface area (Å²) in [6.07, 6.45) is 0.505. The number of sulfonamides is 1. The lowest BCUT2D eigenvalue weighted by Crippen LogP contribution is -2.20. The van der Waals surface area contributed by atoms with Gasteiger partial charge in [-0.05, 0) is 32.1 Å². The number of rotatable bonds is 6. The van der Waals surface area contributed by atoms with E-state index in [1.165, 1.54) is 12.1 Å². The SMILES string of the molecule is CNCCCS(=O)(=O)Nc1cc(Cl)c(Cl)cc1Cl. The largest absolute Gasteiger partial charge is 0.320 e. The second kappa shape index (κ2) is 6.82. The van der Waals surface area contributed by atoms with Crippen LogP contribution in [0.4, 0.5) is 5.69 Å². The number of hydrogen-bond donors (Lipinski definition) is 2. The van der Waals surface area contributed by atoms with E-state index < -0.39 is 10.0 Å². The zero-order valence-corrected chi connectivity index (χ0v) is 12.7. The average molecular weight is 332 g/mol. The molecule has 0 saturated heterocycles. The molecule has 102 valence electrons. The molecule has 0 saturated carbocycles. The lowest BCUT2D eigenvalue weighted by molar-refractivity contribution is 0.597. The maximum Gasteiger partial charge on any atom is 0.232 e. The van der Waals surface area contributed by atoms with Crippen LogP contribution in [0.25, 0.3) is 0 Å². The Kier molecular flexibility index (Phi) is 6.01. The Bertz CT molecular complexity index is 520. The molecule has 2 N–H and O–H groups in total. The van der Waals surface area contributed by atoms with Gasteiger partial charge in [0.2, 0.25) is 10.0 Å². The van der Waals surface area contributed by atoms with Crippen LogP contribution < -0.4 is 10.0 Å². The lowest BCUT2D eigenvalue weighted by atomic mass is 10.3. The molecule has 0 atom stereocenters. The van der Waals surface area contributed by atoms with Crippen LogP contribution in [0, 0.1) is 0 Å². The summed E-state index contributed by atoms with van der Waals surface area (Å²) < 4.78 is 25.9. The smallest absolute Gasteiger partial charge is 0.232 e. The highest BCUT2D eigenvalue weighted by Crippen LogP contribution is 2.32. The van der Waals surface area contributed by atoms with Gasteiger partial charge in [-0.1, -0.05) is 34.8 Å². The van der Waals surface area contributed by atoms with Crippen molar-refractivity contribution in [3.63, 3.8) is 0 Å². The maximum atomic E-state index is 11.7. The van der Waals surface area contributed by atoms with Gasteiger partial charge < -0.3 is 5.32 Å². The minimum absolute atomic E-state index is 0.00438. The van der Waals surface area contributed by atoms with Gasteiger partial charge in [-0.2, -0.15) is 0 Å². The van der Waals surface area contributed by atoms with Crippen LogP contribution in [0.1, 0.15) is 6.42 Å². The average Bonchev–Trinajstić information content (AvgIpc) is 2.26. The van der Waals surface area contributed by atoms with Crippen LogP contribution in [0.2, 0.25) is 15.1 Å². The van der Waals surface area contributed by atoms with Crippen molar-refractivity contribution in [2.75, 3.05) is 24.1 Å². The van der Waals surface area contributed by atoms with Crippen molar-refractivity contribution in [1.29, 1.82) is 0 Å². The van der Waals surface area contributed by atoms with Crippen molar-refractivity contribution in [2.24, 2.45) is 0 Å². The monoisotopic (exact) mass is 330 g/mol. The first-order valence-corrected chi connectivity index (χ1v) is 7.94. The van der Waals surface area contributed by atoms with E-state index in [1.807, 2.05) is 0 Å². The van der Waals surface area contributed by atoms with E-state index >= 15 is 0 Å². The highest BCUT2D eigenvalue weighted by Gasteiger charge is 2.13. The van der Waals surface area contributed by atoms with Gasteiger partial charge in [0.15, 0.2) is 0 Å². The molecular formula is C10H13Cl3N2O2S. The van der Waals surface area contributed by atoms with Gasteiger partial charge in [0.1, 0.15) is 0 Å². The lowest BCUT2D eigenvalue weighted by Gasteiger charge is -2.10. The Morgan fingerprint density at radius 1 is 1.11 bits per heavy atom. The minimum atomic E-state index is -3.44. The van der Waals surface area contributed by atoms with E-state index in [0.29, 0.717) is 13.0 Å². The van der Waals surface area contributed by atoms with Crippen molar-refractivity contribution in [1.82, 2.24) is 5.32 Å². The Morgan fingerprint density at radius 2 is 1.72 bits per heavy atom. The van der Waals surface area contributed by atoms with Crippen LogP contribution in [0.3, 0.4) is 0 Å². The van der Waals surface area contributed by atoms with E-state index in [0.717, 1.165) is 0 Å². The van der Waals surface area contributed by atoms with Gasteiger partial charge >= 0.3 is 0 Å².